The van der Waals surface area contributed by atoms with E-state index in [1.54, 1.807) is 48.5 Å². The molecule has 2 rings (SSSR count). The summed E-state index contributed by atoms with van der Waals surface area (Å²) < 4.78 is 50.4. The molecule has 0 N–H and O–H groups in total. The molecule has 2 atom stereocenters. The Morgan fingerprint density at radius 2 is 1.00 bits per heavy atom. The van der Waals surface area contributed by atoms with Gasteiger partial charge >= 0.3 is 16.5 Å². The van der Waals surface area contributed by atoms with Crippen molar-refractivity contribution >= 4 is 40.5 Å². The van der Waals surface area contributed by atoms with Crippen molar-refractivity contribution in [3.8, 4) is 0 Å². The van der Waals surface area contributed by atoms with Crippen molar-refractivity contribution in [2.24, 2.45) is 0 Å². The van der Waals surface area contributed by atoms with Crippen LogP contribution in [0.2, 0.25) is 0 Å². The van der Waals surface area contributed by atoms with Gasteiger partial charge in [0, 0.05) is 0 Å². The maximum absolute atomic E-state index is 10.4. The molecule has 11 heteroatoms. The van der Waals surface area contributed by atoms with Gasteiger partial charge in [-0.05, 0) is 33.5 Å². The fourth-order valence-electron chi connectivity index (χ4n) is 1.43. The molecule has 0 saturated heterocycles. The summed E-state index contributed by atoms with van der Waals surface area (Å²) in [5.41, 5.74) is 1.57. The second-order valence-electron chi connectivity index (χ2n) is 4.31. The largest absolute Gasteiger partial charge is 2.00 e. The predicted molar refractivity (Wildman–Crippen MR) is 95.0 cm³/mol. The van der Waals surface area contributed by atoms with E-state index in [1.165, 1.54) is 0 Å². The maximum Gasteiger partial charge on any atom is 2.00 e. The summed E-state index contributed by atoms with van der Waals surface area (Å²) >= 11 is 8.07. The molecule has 0 aliphatic carbocycles. The van der Waals surface area contributed by atoms with Crippen molar-refractivity contribution < 1.29 is 42.4 Å². The Kier molecular flexibility index (Phi) is 11.8. The molecule has 2 aromatic carbocycles. The van der Waals surface area contributed by atoms with Crippen LogP contribution in [0.1, 0.15) is 11.1 Å². The van der Waals surface area contributed by atoms with Crippen LogP contribution in [-0.4, -0.2) is 17.5 Å². The van der Waals surface area contributed by atoms with E-state index in [4.69, 9.17) is 0 Å². The van der Waals surface area contributed by atoms with Crippen LogP contribution in [0.4, 0.5) is 0 Å². The van der Waals surface area contributed by atoms with E-state index in [-0.39, 0.29) is 29.7 Å². The van der Waals surface area contributed by atoms with Gasteiger partial charge in [0.1, 0.15) is 0 Å². The monoisotopic (exact) mass is 464 g/mol. The maximum atomic E-state index is 10.4. The van der Waals surface area contributed by atoms with Crippen LogP contribution in [-0.2, 0) is 78.6 Å². The van der Waals surface area contributed by atoms with Gasteiger partial charge in [0.05, 0.1) is 31.3 Å². The number of hydrogen-bond acceptors (Lipinski definition) is 8. The molecular formula is C14H14NiO6S4. The Balaban J connectivity index is 0.000000443. The fraction of sp³-hybridized carbons (Fsp3) is 0.143. The van der Waals surface area contributed by atoms with Crippen molar-refractivity contribution in [2.45, 2.75) is 13.2 Å². The van der Waals surface area contributed by atoms with Crippen LogP contribution in [0.5, 0.6) is 0 Å². The first kappa shape index (κ1) is 24.5. The predicted octanol–water partition coefficient (Wildman–Crippen LogP) is 1.99. The second kappa shape index (κ2) is 12.0. The van der Waals surface area contributed by atoms with Gasteiger partial charge in [-0.2, -0.15) is 0 Å². The molecule has 25 heavy (non-hydrogen) atoms. The first-order chi connectivity index (χ1) is 11.2. The minimum atomic E-state index is -3.74. The van der Waals surface area contributed by atoms with Crippen molar-refractivity contribution in [3.05, 3.63) is 71.8 Å². The Hall–Kier alpha value is -0.486. The second-order valence-corrected chi connectivity index (χ2v) is 8.87. The van der Waals surface area contributed by atoms with Gasteiger partial charge < -0.3 is 9.11 Å². The zero-order chi connectivity index (χ0) is 18.1. The molecule has 0 amide bonds. The normalized spacial score (nSPS) is 14.8. The molecule has 0 spiro atoms. The topological polar surface area (TPSA) is 98.7 Å². The molecule has 2 unspecified atom stereocenters. The Bertz CT molecular complexity index is 739. The zero-order valence-electron chi connectivity index (χ0n) is 12.6. The number of rotatable bonds is 6. The van der Waals surface area contributed by atoms with Gasteiger partial charge in [-0.3, -0.25) is 8.37 Å². The summed E-state index contributed by atoms with van der Waals surface area (Å²) in [5, 5.41) is 0. The minimum Gasteiger partial charge on any atom is -0.748 e. The van der Waals surface area contributed by atoms with Crippen LogP contribution < -0.4 is 0 Å². The quantitative estimate of drug-likeness (QED) is 0.598. The third kappa shape index (κ3) is 14.4. The minimum absolute atomic E-state index is 0. The van der Waals surface area contributed by atoms with Crippen molar-refractivity contribution in [1.29, 1.82) is 0 Å². The summed E-state index contributed by atoms with van der Waals surface area (Å²) in [5.74, 6) is 0. The summed E-state index contributed by atoms with van der Waals surface area (Å²) in [7, 11) is -7.48. The average molecular weight is 465 g/mol. The molecule has 0 saturated carbocycles. The van der Waals surface area contributed by atoms with Gasteiger partial charge in [-0.1, -0.05) is 60.7 Å². The Morgan fingerprint density at radius 3 is 1.24 bits per heavy atom. The first-order valence-electron chi connectivity index (χ1n) is 6.44. The van der Waals surface area contributed by atoms with E-state index in [9.17, 15) is 17.5 Å². The van der Waals surface area contributed by atoms with E-state index in [0.29, 0.717) is 0 Å². The average Bonchev–Trinajstić information content (AvgIpc) is 2.52. The third-order valence-corrected chi connectivity index (χ3v) is 3.82. The van der Waals surface area contributed by atoms with Crippen molar-refractivity contribution in [1.82, 2.24) is 0 Å². The summed E-state index contributed by atoms with van der Waals surface area (Å²) in [4.78, 5) is 0. The van der Waals surface area contributed by atoms with Crippen LogP contribution in [0.15, 0.2) is 60.7 Å². The Morgan fingerprint density at radius 1 is 0.720 bits per heavy atom. The molecule has 0 aliphatic heterocycles. The van der Waals surface area contributed by atoms with Gasteiger partial charge in [0.25, 0.3) is 0 Å². The molecule has 0 fully saturated rings. The van der Waals surface area contributed by atoms with Gasteiger partial charge in [0.2, 0.25) is 0 Å². The molecule has 0 heterocycles. The first-order valence-corrected chi connectivity index (χ1v) is 11.1. The fourth-order valence-corrected chi connectivity index (χ4v) is 2.28. The molecule has 6 nitrogen and oxygen atoms in total. The summed E-state index contributed by atoms with van der Waals surface area (Å²) in [6.07, 6.45) is 0. The SMILES string of the molecule is O=S([O-])(=S)OCc1ccccc1.O=S([O-])(=S)OCc1ccccc1.[Ni+2]. The van der Waals surface area contributed by atoms with E-state index in [0.717, 1.165) is 11.1 Å². The van der Waals surface area contributed by atoms with Crippen LogP contribution in [0.25, 0.3) is 0 Å². The standard InChI is InChI=1S/2C7H8O3S2.Ni/c2*8-12(9,11)10-6-7-4-2-1-3-5-7;/h2*1-5H,6H2,(H,8,9,11);/q;;+2/p-2. The van der Waals surface area contributed by atoms with Gasteiger partial charge in [-0.15, -0.1) is 0 Å². The van der Waals surface area contributed by atoms with Gasteiger partial charge in [0.15, 0.2) is 0 Å². The van der Waals surface area contributed by atoms with Crippen molar-refractivity contribution in [2.75, 3.05) is 0 Å². The van der Waals surface area contributed by atoms with Crippen LogP contribution in [0, 0.1) is 0 Å². The third-order valence-electron chi connectivity index (χ3n) is 2.43. The molecule has 0 radical (unpaired) electrons. The summed E-state index contributed by atoms with van der Waals surface area (Å²) in [6, 6.07) is 17.9. The van der Waals surface area contributed by atoms with Crippen molar-refractivity contribution in [3.63, 3.8) is 0 Å². The molecule has 140 valence electrons. The zero-order valence-corrected chi connectivity index (χ0v) is 16.8. The van der Waals surface area contributed by atoms with E-state index in [2.05, 4.69) is 30.7 Å². The molecule has 2 aromatic rings. The Labute approximate surface area is 167 Å². The van der Waals surface area contributed by atoms with Gasteiger partial charge in [-0.25, -0.2) is 8.42 Å². The molecule has 0 bridgehead atoms. The van der Waals surface area contributed by atoms with E-state index >= 15 is 0 Å². The number of hydrogen-bond donors (Lipinski definition) is 0. The van der Waals surface area contributed by atoms with E-state index < -0.39 is 18.1 Å². The van der Waals surface area contributed by atoms with Crippen LogP contribution >= 0.6 is 0 Å². The molecule has 0 aromatic heterocycles. The van der Waals surface area contributed by atoms with E-state index in [1.807, 2.05) is 12.1 Å². The number of benzene rings is 2. The molecular weight excluding hydrogens is 451 g/mol. The molecule has 0 aliphatic rings. The summed E-state index contributed by atoms with van der Waals surface area (Å²) in [6.45, 7) is 0.0132. The smallest absolute Gasteiger partial charge is 0.748 e. The van der Waals surface area contributed by atoms with Crippen LogP contribution in [0.3, 0.4) is 0 Å².